The molecule has 0 bridgehead atoms. The highest BCUT2D eigenvalue weighted by Gasteiger charge is 2.34. The molecule has 1 aromatic carbocycles. The van der Waals surface area contributed by atoms with Gasteiger partial charge in [0.2, 0.25) is 0 Å². The molecule has 20 heavy (non-hydrogen) atoms. The summed E-state index contributed by atoms with van der Waals surface area (Å²) in [4.78, 5) is 12.2. The van der Waals surface area contributed by atoms with Crippen molar-refractivity contribution in [2.75, 3.05) is 5.73 Å². The SMILES string of the molecule is CC1CC(OC(=O)c2ccc(Br)cc2N)CC(C)(C)C1. The van der Waals surface area contributed by atoms with E-state index in [-0.39, 0.29) is 17.5 Å². The zero-order valence-electron chi connectivity index (χ0n) is 12.3. The third-order valence-corrected chi connectivity index (χ3v) is 4.35. The number of nitrogen functional groups attached to an aromatic ring is 1. The minimum Gasteiger partial charge on any atom is -0.459 e. The second kappa shape index (κ2) is 5.76. The number of benzene rings is 1. The van der Waals surface area contributed by atoms with Gasteiger partial charge in [-0.3, -0.25) is 0 Å². The van der Waals surface area contributed by atoms with Crippen LogP contribution in [0.5, 0.6) is 0 Å². The Morgan fingerprint density at radius 3 is 2.70 bits per heavy atom. The third-order valence-electron chi connectivity index (χ3n) is 3.85. The van der Waals surface area contributed by atoms with Gasteiger partial charge in [-0.05, 0) is 48.8 Å². The zero-order chi connectivity index (χ0) is 14.9. The molecule has 0 spiro atoms. The van der Waals surface area contributed by atoms with Gasteiger partial charge >= 0.3 is 5.97 Å². The van der Waals surface area contributed by atoms with Gasteiger partial charge in [-0.25, -0.2) is 4.79 Å². The summed E-state index contributed by atoms with van der Waals surface area (Å²) in [6, 6.07) is 5.24. The molecule has 0 aliphatic heterocycles. The van der Waals surface area contributed by atoms with Crippen LogP contribution < -0.4 is 5.73 Å². The molecule has 1 aromatic rings. The van der Waals surface area contributed by atoms with Gasteiger partial charge < -0.3 is 10.5 Å². The van der Waals surface area contributed by atoms with E-state index in [9.17, 15) is 4.79 Å². The van der Waals surface area contributed by atoms with Crippen molar-refractivity contribution >= 4 is 27.6 Å². The smallest absolute Gasteiger partial charge is 0.340 e. The third kappa shape index (κ3) is 3.75. The Labute approximate surface area is 129 Å². The van der Waals surface area contributed by atoms with Crippen LogP contribution in [-0.4, -0.2) is 12.1 Å². The van der Waals surface area contributed by atoms with Crippen molar-refractivity contribution in [1.29, 1.82) is 0 Å². The average Bonchev–Trinajstić information content (AvgIpc) is 2.25. The van der Waals surface area contributed by atoms with Crippen molar-refractivity contribution < 1.29 is 9.53 Å². The molecule has 0 radical (unpaired) electrons. The van der Waals surface area contributed by atoms with Crippen molar-refractivity contribution in [3.63, 3.8) is 0 Å². The maximum Gasteiger partial charge on any atom is 0.340 e. The van der Waals surface area contributed by atoms with Gasteiger partial charge in [0.25, 0.3) is 0 Å². The Balaban J connectivity index is 2.07. The summed E-state index contributed by atoms with van der Waals surface area (Å²) in [7, 11) is 0. The highest BCUT2D eigenvalue weighted by atomic mass is 79.9. The number of nitrogens with two attached hydrogens (primary N) is 1. The number of anilines is 1. The number of ether oxygens (including phenoxy) is 1. The monoisotopic (exact) mass is 339 g/mol. The summed E-state index contributed by atoms with van der Waals surface area (Å²) in [5, 5.41) is 0. The number of hydrogen-bond acceptors (Lipinski definition) is 3. The van der Waals surface area contributed by atoms with E-state index in [0.717, 1.165) is 17.3 Å². The number of rotatable bonds is 2. The minimum absolute atomic E-state index is 0.00991. The molecule has 2 unspecified atom stereocenters. The van der Waals surface area contributed by atoms with Crippen LogP contribution in [0.15, 0.2) is 22.7 Å². The minimum atomic E-state index is -0.315. The topological polar surface area (TPSA) is 52.3 Å². The fourth-order valence-corrected chi connectivity index (χ4v) is 3.66. The molecule has 1 saturated carbocycles. The number of carbonyl (C=O) groups excluding carboxylic acids is 1. The Bertz CT molecular complexity index is 513. The fraction of sp³-hybridized carbons (Fsp3) is 0.562. The van der Waals surface area contributed by atoms with Gasteiger partial charge in [-0.15, -0.1) is 0 Å². The van der Waals surface area contributed by atoms with E-state index in [1.165, 1.54) is 6.42 Å². The van der Waals surface area contributed by atoms with Crippen molar-refractivity contribution in [3.05, 3.63) is 28.2 Å². The van der Waals surface area contributed by atoms with Gasteiger partial charge in [0, 0.05) is 10.2 Å². The first kappa shape index (κ1) is 15.4. The molecule has 0 amide bonds. The Kier molecular flexibility index (Phi) is 4.43. The van der Waals surface area contributed by atoms with Gasteiger partial charge in [0.05, 0.1) is 5.56 Å². The standard InChI is InChI=1S/C16H22BrNO2/c1-10-6-12(9-16(2,3)8-10)20-15(19)13-5-4-11(17)7-14(13)18/h4-5,7,10,12H,6,8-9,18H2,1-3H3. The summed E-state index contributed by atoms with van der Waals surface area (Å²) < 4.78 is 6.53. The predicted molar refractivity (Wildman–Crippen MR) is 84.6 cm³/mol. The van der Waals surface area contributed by atoms with Gasteiger partial charge in [-0.2, -0.15) is 0 Å². The molecule has 2 atom stereocenters. The first-order valence-electron chi connectivity index (χ1n) is 7.03. The highest BCUT2D eigenvalue weighted by molar-refractivity contribution is 9.10. The lowest BCUT2D eigenvalue weighted by Crippen LogP contribution is -2.34. The van der Waals surface area contributed by atoms with Crippen molar-refractivity contribution in [2.45, 2.75) is 46.1 Å². The van der Waals surface area contributed by atoms with Gasteiger partial charge in [0.1, 0.15) is 6.10 Å². The van der Waals surface area contributed by atoms with Crippen LogP contribution in [0.3, 0.4) is 0 Å². The van der Waals surface area contributed by atoms with Crippen molar-refractivity contribution in [1.82, 2.24) is 0 Å². The van der Waals surface area contributed by atoms with E-state index in [1.54, 1.807) is 18.2 Å². The van der Waals surface area contributed by atoms with Crippen LogP contribution in [0, 0.1) is 11.3 Å². The summed E-state index contributed by atoms with van der Waals surface area (Å²) in [5.74, 6) is 0.267. The van der Waals surface area contributed by atoms with E-state index < -0.39 is 0 Å². The van der Waals surface area contributed by atoms with Crippen LogP contribution >= 0.6 is 15.9 Å². The average molecular weight is 340 g/mol. The van der Waals surface area contributed by atoms with Gasteiger partial charge in [0.15, 0.2) is 0 Å². The summed E-state index contributed by atoms with van der Waals surface area (Å²) in [6.07, 6.45) is 3.02. The molecule has 0 heterocycles. The Hall–Kier alpha value is -1.03. The van der Waals surface area contributed by atoms with Crippen molar-refractivity contribution in [3.8, 4) is 0 Å². The Morgan fingerprint density at radius 1 is 1.40 bits per heavy atom. The molecule has 110 valence electrons. The molecule has 0 saturated heterocycles. The summed E-state index contributed by atoms with van der Waals surface area (Å²) >= 11 is 3.33. The van der Waals surface area contributed by atoms with E-state index in [0.29, 0.717) is 17.2 Å². The van der Waals surface area contributed by atoms with Crippen molar-refractivity contribution in [2.24, 2.45) is 11.3 Å². The van der Waals surface area contributed by atoms with E-state index in [2.05, 4.69) is 36.7 Å². The molecule has 1 aliphatic carbocycles. The van der Waals surface area contributed by atoms with Crippen LogP contribution in [0.1, 0.15) is 50.4 Å². The molecular formula is C16H22BrNO2. The molecule has 4 heteroatoms. The number of halogens is 1. The van der Waals surface area contributed by atoms with Gasteiger partial charge in [-0.1, -0.05) is 36.7 Å². The molecule has 1 aliphatic rings. The Morgan fingerprint density at radius 2 is 2.10 bits per heavy atom. The molecule has 3 nitrogen and oxygen atoms in total. The van der Waals surface area contributed by atoms with Crippen LogP contribution in [0.2, 0.25) is 0 Å². The molecule has 2 N–H and O–H groups in total. The fourth-order valence-electron chi connectivity index (χ4n) is 3.28. The van der Waals surface area contributed by atoms with E-state index in [4.69, 9.17) is 10.5 Å². The van der Waals surface area contributed by atoms with Crippen LogP contribution in [0.4, 0.5) is 5.69 Å². The normalized spacial score (nSPS) is 25.2. The number of hydrogen-bond donors (Lipinski definition) is 1. The maximum atomic E-state index is 12.2. The predicted octanol–water partition coefficient (Wildman–Crippen LogP) is 4.40. The lowest BCUT2D eigenvalue weighted by atomic mass is 9.71. The first-order valence-corrected chi connectivity index (χ1v) is 7.82. The quantitative estimate of drug-likeness (QED) is 0.641. The molecule has 1 fully saturated rings. The lowest BCUT2D eigenvalue weighted by Gasteiger charge is -2.38. The first-order chi connectivity index (χ1) is 9.27. The zero-order valence-corrected chi connectivity index (χ0v) is 13.9. The molecule has 2 rings (SSSR count). The molecular weight excluding hydrogens is 318 g/mol. The second-order valence-electron chi connectivity index (χ2n) is 6.67. The van der Waals surface area contributed by atoms with Crippen LogP contribution in [0.25, 0.3) is 0 Å². The highest BCUT2D eigenvalue weighted by Crippen LogP contribution is 2.40. The number of carbonyl (C=O) groups is 1. The molecule has 0 aromatic heterocycles. The summed E-state index contributed by atoms with van der Waals surface area (Å²) in [6.45, 7) is 6.69. The van der Waals surface area contributed by atoms with Crippen LogP contribution in [-0.2, 0) is 4.74 Å². The largest absolute Gasteiger partial charge is 0.459 e. The number of esters is 1. The van der Waals surface area contributed by atoms with E-state index in [1.807, 2.05) is 0 Å². The van der Waals surface area contributed by atoms with E-state index >= 15 is 0 Å². The second-order valence-corrected chi connectivity index (χ2v) is 7.59. The lowest BCUT2D eigenvalue weighted by molar-refractivity contribution is -0.00704. The maximum absolute atomic E-state index is 12.2. The summed E-state index contributed by atoms with van der Waals surface area (Å²) in [5.41, 5.74) is 7.01.